The topological polar surface area (TPSA) is 57.7 Å². The van der Waals surface area contributed by atoms with Crippen LogP contribution in [-0.4, -0.2) is 49.4 Å². The molecule has 0 bridgehead atoms. The van der Waals surface area contributed by atoms with Crippen molar-refractivity contribution in [3.05, 3.63) is 35.6 Å². The Balaban J connectivity index is 2.06. The van der Waals surface area contributed by atoms with E-state index >= 15 is 0 Å². The molecule has 1 saturated heterocycles. The van der Waals surface area contributed by atoms with Gasteiger partial charge in [0.25, 0.3) is 0 Å². The number of hydrogen-bond acceptors (Lipinski definition) is 3. The Morgan fingerprint density at radius 1 is 1.13 bits per heavy atom. The van der Waals surface area contributed by atoms with E-state index in [-0.39, 0.29) is 24.8 Å². The van der Waals surface area contributed by atoms with Crippen LogP contribution in [0.3, 0.4) is 0 Å². The van der Waals surface area contributed by atoms with Crippen molar-refractivity contribution < 1.29 is 17.6 Å². The summed E-state index contributed by atoms with van der Waals surface area (Å²) in [6.07, 6.45) is 5.22. The van der Waals surface area contributed by atoms with Crippen molar-refractivity contribution >= 4 is 15.9 Å². The van der Waals surface area contributed by atoms with E-state index in [1.54, 1.807) is 4.90 Å². The van der Waals surface area contributed by atoms with E-state index < -0.39 is 10.0 Å². The summed E-state index contributed by atoms with van der Waals surface area (Å²) in [5.74, 6) is -0.542. The van der Waals surface area contributed by atoms with Gasteiger partial charge in [0.1, 0.15) is 5.82 Å². The Labute approximate surface area is 137 Å². The van der Waals surface area contributed by atoms with E-state index in [1.165, 1.54) is 24.3 Å². The zero-order valence-corrected chi connectivity index (χ0v) is 14.2. The maximum absolute atomic E-state index is 13.0. The quantitative estimate of drug-likeness (QED) is 0.822. The van der Waals surface area contributed by atoms with Crippen LogP contribution in [-0.2, 0) is 21.4 Å². The van der Waals surface area contributed by atoms with Crippen molar-refractivity contribution in [3.63, 3.8) is 0 Å². The minimum Gasteiger partial charge on any atom is -0.342 e. The monoisotopic (exact) mass is 342 g/mol. The Bertz CT molecular complexity index is 623. The van der Waals surface area contributed by atoms with Crippen LogP contribution < -0.4 is 0 Å². The van der Waals surface area contributed by atoms with Gasteiger partial charge in [0, 0.05) is 19.6 Å². The lowest BCUT2D eigenvalue weighted by Crippen LogP contribution is -2.42. The maximum atomic E-state index is 13.0. The number of rotatable bonds is 5. The van der Waals surface area contributed by atoms with E-state index in [9.17, 15) is 17.6 Å². The molecule has 0 unspecified atom stereocenters. The number of sulfonamides is 1. The lowest BCUT2D eigenvalue weighted by atomic mass is 10.2. The molecule has 0 atom stereocenters. The SMILES string of the molecule is CS(=O)(=O)N(CC(=O)N1CCCCCC1)Cc1ccc(F)cc1. The summed E-state index contributed by atoms with van der Waals surface area (Å²) in [4.78, 5) is 14.2. The van der Waals surface area contributed by atoms with Gasteiger partial charge in [-0.1, -0.05) is 25.0 Å². The second-order valence-corrected chi connectivity index (χ2v) is 7.93. The number of nitrogens with zero attached hydrogens (tertiary/aromatic N) is 2. The molecule has 0 aliphatic carbocycles. The highest BCUT2D eigenvalue weighted by molar-refractivity contribution is 7.88. The molecule has 23 heavy (non-hydrogen) atoms. The van der Waals surface area contributed by atoms with E-state index in [2.05, 4.69) is 0 Å². The molecule has 0 spiro atoms. The van der Waals surface area contributed by atoms with Gasteiger partial charge in [-0.05, 0) is 30.5 Å². The van der Waals surface area contributed by atoms with Crippen molar-refractivity contribution in [1.82, 2.24) is 9.21 Å². The number of carbonyl (C=O) groups excluding carboxylic acids is 1. The number of amides is 1. The minimum absolute atomic E-state index is 0.0681. The van der Waals surface area contributed by atoms with Gasteiger partial charge in [0.05, 0.1) is 12.8 Å². The predicted molar refractivity (Wildman–Crippen MR) is 86.7 cm³/mol. The zero-order chi connectivity index (χ0) is 16.9. The molecule has 1 fully saturated rings. The fourth-order valence-corrected chi connectivity index (χ4v) is 3.38. The van der Waals surface area contributed by atoms with Crippen LogP contribution in [0.1, 0.15) is 31.2 Å². The number of halogens is 1. The number of carbonyl (C=O) groups is 1. The van der Waals surface area contributed by atoms with Gasteiger partial charge in [0.2, 0.25) is 15.9 Å². The molecule has 1 heterocycles. The molecule has 128 valence electrons. The zero-order valence-electron chi connectivity index (χ0n) is 13.4. The Hall–Kier alpha value is -1.47. The van der Waals surface area contributed by atoms with Crippen LogP contribution in [0.4, 0.5) is 4.39 Å². The minimum atomic E-state index is -3.52. The molecule has 1 aliphatic heterocycles. The summed E-state index contributed by atoms with van der Waals surface area (Å²) in [7, 11) is -3.52. The van der Waals surface area contributed by atoms with Crippen molar-refractivity contribution in [2.24, 2.45) is 0 Å². The normalized spacial score (nSPS) is 16.4. The summed E-state index contributed by atoms with van der Waals surface area (Å²) in [6.45, 7) is 1.27. The van der Waals surface area contributed by atoms with Gasteiger partial charge in [-0.3, -0.25) is 4.79 Å². The number of benzene rings is 1. The molecule has 1 aliphatic rings. The first-order chi connectivity index (χ1) is 10.9. The van der Waals surface area contributed by atoms with Crippen molar-refractivity contribution in [2.75, 3.05) is 25.9 Å². The fourth-order valence-electron chi connectivity index (χ4n) is 2.65. The largest absolute Gasteiger partial charge is 0.342 e. The summed E-state index contributed by atoms with van der Waals surface area (Å²) < 4.78 is 38.0. The van der Waals surface area contributed by atoms with Gasteiger partial charge in [-0.15, -0.1) is 0 Å². The third kappa shape index (κ3) is 5.58. The fraction of sp³-hybridized carbons (Fsp3) is 0.562. The van der Waals surface area contributed by atoms with Crippen molar-refractivity contribution in [1.29, 1.82) is 0 Å². The summed E-state index contributed by atoms with van der Waals surface area (Å²) in [5.41, 5.74) is 0.653. The van der Waals surface area contributed by atoms with E-state index in [0.717, 1.165) is 36.2 Å². The molecule has 0 N–H and O–H groups in total. The van der Waals surface area contributed by atoms with Crippen molar-refractivity contribution in [2.45, 2.75) is 32.2 Å². The van der Waals surface area contributed by atoms with E-state index in [1.807, 2.05) is 0 Å². The molecule has 2 rings (SSSR count). The number of hydrogen-bond donors (Lipinski definition) is 0. The Morgan fingerprint density at radius 2 is 1.70 bits per heavy atom. The lowest BCUT2D eigenvalue weighted by Gasteiger charge is -2.25. The maximum Gasteiger partial charge on any atom is 0.237 e. The predicted octanol–water partition coefficient (Wildman–Crippen LogP) is 1.99. The van der Waals surface area contributed by atoms with Crippen LogP contribution in [0.5, 0.6) is 0 Å². The first-order valence-corrected chi connectivity index (χ1v) is 9.68. The summed E-state index contributed by atoms with van der Waals surface area (Å²) >= 11 is 0. The van der Waals surface area contributed by atoms with Gasteiger partial charge in [-0.25, -0.2) is 12.8 Å². The highest BCUT2D eigenvalue weighted by atomic mass is 32.2. The van der Waals surface area contributed by atoms with Crippen LogP contribution in [0.2, 0.25) is 0 Å². The molecule has 1 aromatic carbocycles. The van der Waals surface area contributed by atoms with Gasteiger partial charge in [0.15, 0.2) is 0 Å². The van der Waals surface area contributed by atoms with Crippen LogP contribution >= 0.6 is 0 Å². The first kappa shape index (κ1) is 17.9. The lowest BCUT2D eigenvalue weighted by molar-refractivity contribution is -0.131. The Morgan fingerprint density at radius 3 is 2.22 bits per heavy atom. The highest BCUT2D eigenvalue weighted by Crippen LogP contribution is 2.13. The molecule has 0 saturated carbocycles. The molecule has 0 radical (unpaired) electrons. The van der Waals surface area contributed by atoms with Gasteiger partial charge < -0.3 is 4.90 Å². The molecular weight excluding hydrogens is 319 g/mol. The molecule has 7 heteroatoms. The van der Waals surface area contributed by atoms with Crippen LogP contribution in [0.25, 0.3) is 0 Å². The average molecular weight is 342 g/mol. The van der Waals surface area contributed by atoms with Gasteiger partial charge >= 0.3 is 0 Å². The molecule has 5 nitrogen and oxygen atoms in total. The third-order valence-electron chi connectivity index (χ3n) is 4.01. The smallest absolute Gasteiger partial charge is 0.237 e. The molecular formula is C16H23FN2O3S. The summed E-state index contributed by atoms with van der Waals surface area (Å²) in [5, 5.41) is 0. The molecule has 1 aromatic rings. The Kier molecular flexibility index (Phi) is 6.12. The van der Waals surface area contributed by atoms with Crippen LogP contribution in [0.15, 0.2) is 24.3 Å². The second kappa shape index (κ2) is 7.88. The van der Waals surface area contributed by atoms with E-state index in [0.29, 0.717) is 18.7 Å². The molecule has 1 amide bonds. The van der Waals surface area contributed by atoms with Crippen LogP contribution in [0, 0.1) is 5.82 Å². The molecule has 0 aromatic heterocycles. The first-order valence-electron chi connectivity index (χ1n) is 7.83. The standard InChI is InChI=1S/C16H23FN2O3S/c1-23(21,22)19(12-14-6-8-15(17)9-7-14)13-16(20)18-10-4-2-3-5-11-18/h6-9H,2-5,10-13H2,1H3. The second-order valence-electron chi connectivity index (χ2n) is 5.95. The number of likely N-dealkylation sites (tertiary alicyclic amines) is 1. The third-order valence-corrected chi connectivity index (χ3v) is 5.21. The van der Waals surface area contributed by atoms with Gasteiger partial charge in [-0.2, -0.15) is 4.31 Å². The average Bonchev–Trinajstić information content (AvgIpc) is 2.77. The van der Waals surface area contributed by atoms with E-state index in [4.69, 9.17) is 0 Å². The summed E-state index contributed by atoms with van der Waals surface area (Å²) in [6, 6.07) is 5.63. The highest BCUT2D eigenvalue weighted by Gasteiger charge is 2.24. The van der Waals surface area contributed by atoms with Crippen molar-refractivity contribution in [3.8, 4) is 0 Å².